The van der Waals surface area contributed by atoms with Gasteiger partial charge in [-0.05, 0) is 31.0 Å². The van der Waals surface area contributed by atoms with Crippen LogP contribution in [0.3, 0.4) is 0 Å². The van der Waals surface area contributed by atoms with Gasteiger partial charge in [-0.1, -0.05) is 30.3 Å². The van der Waals surface area contributed by atoms with E-state index in [1.165, 1.54) is 7.11 Å². The molecule has 1 fully saturated rings. The topological polar surface area (TPSA) is 52.6 Å². The molecule has 1 aromatic rings. The van der Waals surface area contributed by atoms with E-state index in [0.29, 0.717) is 13.0 Å². The number of esters is 1. The Hall–Kier alpha value is -1.39. The first-order valence-corrected chi connectivity index (χ1v) is 5.77. The fourth-order valence-corrected chi connectivity index (χ4v) is 2.41. The number of hydrogen-bond acceptors (Lipinski definition) is 4. The second-order valence-electron chi connectivity index (χ2n) is 4.32. The van der Waals surface area contributed by atoms with Crippen molar-refractivity contribution < 1.29 is 9.53 Å². The molecule has 0 amide bonds. The lowest BCUT2D eigenvalue weighted by Gasteiger charge is -2.41. The molecule has 0 aromatic heterocycles. The van der Waals surface area contributed by atoms with Crippen molar-refractivity contribution in [2.75, 3.05) is 20.2 Å². The van der Waals surface area contributed by atoms with Gasteiger partial charge in [0.15, 0.2) is 0 Å². The third-order valence-corrected chi connectivity index (χ3v) is 3.31. The summed E-state index contributed by atoms with van der Waals surface area (Å²) in [5, 5.41) is 12.3. The van der Waals surface area contributed by atoms with Gasteiger partial charge in [0.25, 0.3) is 0 Å². The molecule has 2 unspecified atom stereocenters. The molecule has 2 rings (SSSR count). The number of carbonyl (C=O) groups is 1. The Morgan fingerprint density at radius 1 is 1.41 bits per heavy atom. The highest BCUT2D eigenvalue weighted by Gasteiger charge is 2.33. The summed E-state index contributed by atoms with van der Waals surface area (Å²) in [6, 6.07) is 9.85. The zero-order chi connectivity index (χ0) is 12.3. The van der Waals surface area contributed by atoms with E-state index in [0.717, 1.165) is 10.6 Å². The van der Waals surface area contributed by atoms with Crippen LogP contribution in [0.25, 0.3) is 0 Å². The highest BCUT2D eigenvalue weighted by Crippen LogP contribution is 2.33. The molecule has 0 saturated carbocycles. The Labute approximate surface area is 101 Å². The largest absolute Gasteiger partial charge is 0.785 e. The normalized spacial score (nSPS) is 25.5. The Morgan fingerprint density at radius 2 is 2.12 bits per heavy atom. The number of benzene rings is 1. The number of rotatable bonds is 2. The van der Waals surface area contributed by atoms with Crippen LogP contribution in [0, 0.1) is 11.1 Å². The lowest BCUT2D eigenvalue weighted by molar-refractivity contribution is -0.147. The van der Waals surface area contributed by atoms with Gasteiger partial charge < -0.3 is 15.0 Å². The fraction of sp³-hybridized carbons (Fsp3) is 0.462. The van der Waals surface area contributed by atoms with E-state index in [1.807, 2.05) is 30.3 Å². The van der Waals surface area contributed by atoms with E-state index in [1.54, 1.807) is 0 Å². The van der Waals surface area contributed by atoms with Crippen LogP contribution < -0.4 is 0 Å². The molecule has 92 valence electrons. The van der Waals surface area contributed by atoms with Crippen LogP contribution in [-0.2, 0) is 9.53 Å². The quantitative estimate of drug-likeness (QED) is 0.732. The predicted molar refractivity (Wildman–Crippen MR) is 64.2 cm³/mol. The van der Waals surface area contributed by atoms with Crippen molar-refractivity contribution in [1.82, 2.24) is 5.06 Å². The molecule has 0 radical (unpaired) electrons. The molecule has 1 saturated heterocycles. The van der Waals surface area contributed by atoms with Crippen LogP contribution in [0.4, 0.5) is 0 Å². The Kier molecular flexibility index (Phi) is 3.76. The first-order chi connectivity index (χ1) is 8.22. The van der Waals surface area contributed by atoms with Crippen LogP contribution in [0.2, 0.25) is 0 Å². The van der Waals surface area contributed by atoms with Crippen molar-refractivity contribution in [1.29, 1.82) is 0 Å². The van der Waals surface area contributed by atoms with Crippen LogP contribution in [0.5, 0.6) is 0 Å². The summed E-state index contributed by atoms with van der Waals surface area (Å²) in [5.74, 6) is -0.554. The average molecular weight is 234 g/mol. The highest BCUT2D eigenvalue weighted by molar-refractivity contribution is 5.74. The molecule has 4 nitrogen and oxygen atoms in total. The van der Waals surface area contributed by atoms with Gasteiger partial charge in [-0.15, -0.1) is 0 Å². The standard InChI is InChI=1S/C13H16NO3/c1-17-13(15)12-9-14(16)8-7-11(12)10-5-3-2-4-6-10/h2-6,11-12H,7-9H2,1H3/q-1. The summed E-state index contributed by atoms with van der Waals surface area (Å²) in [6.45, 7) is 0.708. The summed E-state index contributed by atoms with van der Waals surface area (Å²) < 4.78 is 4.79. The fourth-order valence-electron chi connectivity index (χ4n) is 2.41. The number of hydrogen-bond donors (Lipinski definition) is 0. The predicted octanol–water partition coefficient (Wildman–Crippen LogP) is 1.76. The maximum atomic E-state index is 11.7. The minimum absolute atomic E-state index is 0.0915. The maximum absolute atomic E-state index is 11.7. The number of methoxy groups -OCH3 is 1. The molecule has 1 aromatic carbocycles. The molecule has 0 aliphatic carbocycles. The monoisotopic (exact) mass is 234 g/mol. The molecule has 2 atom stereocenters. The van der Waals surface area contributed by atoms with Gasteiger partial charge in [-0.2, -0.15) is 0 Å². The molecular weight excluding hydrogens is 218 g/mol. The molecule has 4 heteroatoms. The van der Waals surface area contributed by atoms with E-state index in [4.69, 9.17) is 4.74 Å². The highest BCUT2D eigenvalue weighted by atomic mass is 16.5. The molecule has 0 bridgehead atoms. The number of ether oxygens (including phenoxy) is 1. The van der Waals surface area contributed by atoms with E-state index in [9.17, 15) is 10.0 Å². The molecule has 17 heavy (non-hydrogen) atoms. The molecule has 1 heterocycles. The number of hydroxylamine groups is 2. The molecular formula is C13H16NO3-. The molecule has 0 N–H and O–H groups in total. The van der Waals surface area contributed by atoms with Gasteiger partial charge in [0.05, 0.1) is 13.0 Å². The van der Waals surface area contributed by atoms with Gasteiger partial charge in [-0.3, -0.25) is 4.79 Å². The van der Waals surface area contributed by atoms with Crippen molar-refractivity contribution >= 4 is 5.97 Å². The summed E-state index contributed by atoms with van der Waals surface area (Å²) in [5.41, 5.74) is 1.11. The first kappa shape index (κ1) is 12.1. The molecule has 1 aliphatic heterocycles. The Morgan fingerprint density at radius 3 is 2.76 bits per heavy atom. The lowest BCUT2D eigenvalue weighted by Crippen LogP contribution is -2.40. The average Bonchev–Trinajstić information content (AvgIpc) is 2.38. The van der Waals surface area contributed by atoms with Crippen molar-refractivity contribution in [3.8, 4) is 0 Å². The second kappa shape index (κ2) is 5.29. The number of piperidine rings is 1. The first-order valence-electron chi connectivity index (χ1n) is 5.77. The minimum Gasteiger partial charge on any atom is -0.785 e. The number of carbonyl (C=O) groups excluding carboxylic acids is 1. The molecule has 0 spiro atoms. The van der Waals surface area contributed by atoms with E-state index in [2.05, 4.69) is 0 Å². The Balaban J connectivity index is 2.22. The zero-order valence-electron chi connectivity index (χ0n) is 9.83. The van der Waals surface area contributed by atoms with Crippen molar-refractivity contribution in [2.24, 2.45) is 5.92 Å². The van der Waals surface area contributed by atoms with Crippen LogP contribution in [-0.4, -0.2) is 31.2 Å². The minimum atomic E-state index is -0.353. The third kappa shape index (κ3) is 2.65. The molecule has 1 aliphatic rings. The summed E-state index contributed by atoms with van der Waals surface area (Å²) in [4.78, 5) is 11.7. The summed E-state index contributed by atoms with van der Waals surface area (Å²) in [6.07, 6.45) is 0.702. The third-order valence-electron chi connectivity index (χ3n) is 3.31. The van der Waals surface area contributed by atoms with Crippen LogP contribution >= 0.6 is 0 Å². The summed E-state index contributed by atoms with van der Waals surface area (Å²) >= 11 is 0. The van der Waals surface area contributed by atoms with Crippen molar-refractivity contribution in [3.05, 3.63) is 41.1 Å². The van der Waals surface area contributed by atoms with Crippen LogP contribution in [0.15, 0.2) is 30.3 Å². The van der Waals surface area contributed by atoms with E-state index < -0.39 is 0 Å². The smallest absolute Gasteiger partial charge is 0.310 e. The van der Waals surface area contributed by atoms with E-state index >= 15 is 0 Å². The van der Waals surface area contributed by atoms with Gasteiger partial charge in [-0.25, -0.2) is 0 Å². The van der Waals surface area contributed by atoms with Crippen LogP contribution in [0.1, 0.15) is 17.9 Å². The lowest BCUT2D eigenvalue weighted by atomic mass is 9.81. The number of nitrogens with zero attached hydrogens (tertiary/aromatic N) is 1. The Bertz CT molecular complexity index is 380. The van der Waals surface area contributed by atoms with Gasteiger partial charge >= 0.3 is 5.97 Å². The maximum Gasteiger partial charge on any atom is 0.310 e. The zero-order valence-corrected chi connectivity index (χ0v) is 9.83. The van der Waals surface area contributed by atoms with Gasteiger partial charge in [0.1, 0.15) is 0 Å². The second-order valence-corrected chi connectivity index (χ2v) is 4.32. The van der Waals surface area contributed by atoms with Crippen molar-refractivity contribution in [3.63, 3.8) is 0 Å². The van der Waals surface area contributed by atoms with E-state index in [-0.39, 0.29) is 24.3 Å². The van der Waals surface area contributed by atoms with Gasteiger partial charge in [0, 0.05) is 0 Å². The van der Waals surface area contributed by atoms with Crippen molar-refractivity contribution in [2.45, 2.75) is 12.3 Å². The summed E-state index contributed by atoms with van der Waals surface area (Å²) in [7, 11) is 1.37. The van der Waals surface area contributed by atoms with Gasteiger partial charge in [0.2, 0.25) is 0 Å². The SMILES string of the molecule is COC(=O)C1CN([O-])CCC1c1ccccc1.